The molecule has 1 aromatic heterocycles. The summed E-state index contributed by atoms with van der Waals surface area (Å²) in [6.07, 6.45) is 2.36. The van der Waals surface area contributed by atoms with Gasteiger partial charge in [-0.05, 0) is 54.8 Å². The van der Waals surface area contributed by atoms with Crippen LogP contribution >= 0.6 is 11.6 Å². The summed E-state index contributed by atoms with van der Waals surface area (Å²) in [5.74, 6) is -0.381. The highest BCUT2D eigenvalue weighted by atomic mass is 35.5. The number of aliphatic carboxylic acids is 1. The highest BCUT2D eigenvalue weighted by Crippen LogP contribution is 2.40. The van der Waals surface area contributed by atoms with Crippen LogP contribution in [0, 0.1) is 6.92 Å². The van der Waals surface area contributed by atoms with Gasteiger partial charge in [-0.3, -0.25) is 9.78 Å². The van der Waals surface area contributed by atoms with Gasteiger partial charge in [0.1, 0.15) is 11.5 Å². The van der Waals surface area contributed by atoms with E-state index in [-0.39, 0.29) is 12.5 Å². The molecule has 0 spiro atoms. The molecule has 1 aliphatic heterocycles. The summed E-state index contributed by atoms with van der Waals surface area (Å²) in [6, 6.07) is 15.9. The van der Waals surface area contributed by atoms with E-state index in [1.54, 1.807) is 41.4 Å². The van der Waals surface area contributed by atoms with Gasteiger partial charge < -0.3 is 19.5 Å². The summed E-state index contributed by atoms with van der Waals surface area (Å²) >= 11 is 6.30. The maximum absolute atomic E-state index is 13.4. The van der Waals surface area contributed by atoms with Crippen molar-refractivity contribution in [2.75, 3.05) is 19.8 Å². The van der Waals surface area contributed by atoms with E-state index in [2.05, 4.69) is 4.98 Å². The van der Waals surface area contributed by atoms with Gasteiger partial charge in [0.2, 0.25) is 0 Å². The van der Waals surface area contributed by atoms with Crippen molar-refractivity contribution in [3.05, 3.63) is 88.2 Å². The molecule has 0 saturated heterocycles. The van der Waals surface area contributed by atoms with E-state index in [1.807, 2.05) is 31.2 Å². The Morgan fingerprint density at radius 3 is 2.64 bits per heavy atom. The van der Waals surface area contributed by atoms with Gasteiger partial charge in [-0.15, -0.1) is 0 Å². The van der Waals surface area contributed by atoms with E-state index in [1.165, 1.54) is 0 Å². The number of amides is 1. The number of carboxylic acid groups (broad SMARTS) is 1. The molecule has 0 bridgehead atoms. The van der Waals surface area contributed by atoms with E-state index in [0.717, 1.165) is 11.1 Å². The molecule has 1 unspecified atom stereocenters. The zero-order valence-electron chi connectivity index (χ0n) is 18.0. The summed E-state index contributed by atoms with van der Waals surface area (Å²) in [5.41, 5.74) is 3.38. The zero-order chi connectivity index (χ0) is 23.4. The monoisotopic (exact) mass is 466 g/mol. The summed E-state index contributed by atoms with van der Waals surface area (Å²) in [5, 5.41) is 9.56. The Hall–Kier alpha value is -3.58. The number of carboxylic acids is 1. The molecule has 3 aromatic rings. The van der Waals surface area contributed by atoms with Crippen molar-refractivity contribution in [1.82, 2.24) is 9.88 Å². The Kier molecular flexibility index (Phi) is 6.79. The van der Waals surface area contributed by atoms with Gasteiger partial charge in [0.15, 0.2) is 13.2 Å². The molecule has 0 radical (unpaired) electrons. The van der Waals surface area contributed by atoms with Crippen molar-refractivity contribution in [2.45, 2.75) is 19.4 Å². The molecule has 2 heterocycles. The number of fused-ring (bicyclic) bond motifs is 1. The molecule has 8 heteroatoms. The minimum Gasteiger partial charge on any atom is -0.482 e. The number of nitrogens with zero attached hydrogens (tertiary/aromatic N) is 2. The minimum atomic E-state index is -1.09. The van der Waals surface area contributed by atoms with Gasteiger partial charge in [0.25, 0.3) is 5.91 Å². The number of benzene rings is 2. The highest BCUT2D eigenvalue weighted by Gasteiger charge is 2.34. The Morgan fingerprint density at radius 1 is 1.06 bits per heavy atom. The third kappa shape index (κ3) is 5.09. The fraction of sp³-hybridized carbons (Fsp3) is 0.240. The third-order valence-corrected chi connectivity index (χ3v) is 5.77. The standard InChI is InChI=1S/C25H23ClN2O5/c1-16-21(7-4-11-27-16)32-14-23(29)28-12-10-17-5-2-3-6-19(17)25(28)20-13-18(26)8-9-22(20)33-15-24(30)31/h2-9,11,13,25H,10,12,14-15H2,1H3,(H,30,31). The fourth-order valence-electron chi connectivity index (χ4n) is 4.02. The average Bonchev–Trinajstić information content (AvgIpc) is 2.81. The van der Waals surface area contributed by atoms with Gasteiger partial charge >= 0.3 is 5.97 Å². The summed E-state index contributed by atoms with van der Waals surface area (Å²) in [4.78, 5) is 30.4. The molecule has 0 saturated carbocycles. The van der Waals surface area contributed by atoms with Gasteiger partial charge in [-0.25, -0.2) is 4.79 Å². The number of hydrogen-bond acceptors (Lipinski definition) is 5. The van der Waals surface area contributed by atoms with Crippen LogP contribution in [0.2, 0.25) is 5.02 Å². The van der Waals surface area contributed by atoms with Gasteiger partial charge in [-0.1, -0.05) is 35.9 Å². The number of halogens is 1. The Balaban J connectivity index is 1.69. The van der Waals surface area contributed by atoms with Crippen molar-refractivity contribution >= 4 is 23.5 Å². The van der Waals surface area contributed by atoms with Crippen LogP contribution < -0.4 is 9.47 Å². The molecule has 170 valence electrons. The van der Waals surface area contributed by atoms with Crippen molar-refractivity contribution in [2.24, 2.45) is 0 Å². The molecule has 1 atom stereocenters. The molecule has 33 heavy (non-hydrogen) atoms. The first kappa shape index (κ1) is 22.6. The number of hydrogen-bond donors (Lipinski definition) is 1. The number of aryl methyl sites for hydroxylation is 1. The molecule has 4 rings (SSSR count). The van der Waals surface area contributed by atoms with E-state index in [9.17, 15) is 9.59 Å². The number of carbonyl (C=O) groups is 2. The topological polar surface area (TPSA) is 89.0 Å². The van der Waals surface area contributed by atoms with Crippen molar-refractivity contribution in [3.8, 4) is 11.5 Å². The smallest absolute Gasteiger partial charge is 0.341 e. The second-order valence-electron chi connectivity index (χ2n) is 7.68. The molecular weight excluding hydrogens is 444 g/mol. The van der Waals surface area contributed by atoms with Crippen LogP contribution in [0.1, 0.15) is 28.4 Å². The summed E-state index contributed by atoms with van der Waals surface area (Å²) < 4.78 is 11.3. The fourth-order valence-corrected chi connectivity index (χ4v) is 4.20. The average molecular weight is 467 g/mol. The first-order valence-electron chi connectivity index (χ1n) is 10.5. The Labute approximate surface area is 196 Å². The first-order valence-corrected chi connectivity index (χ1v) is 10.9. The van der Waals surface area contributed by atoms with Crippen LogP contribution in [-0.4, -0.2) is 46.6 Å². The van der Waals surface area contributed by atoms with Crippen molar-refractivity contribution < 1.29 is 24.2 Å². The SMILES string of the molecule is Cc1ncccc1OCC(=O)N1CCc2ccccc2C1c1cc(Cl)ccc1OCC(=O)O. The molecule has 1 aliphatic rings. The predicted molar refractivity (Wildman–Crippen MR) is 123 cm³/mol. The lowest BCUT2D eigenvalue weighted by atomic mass is 9.87. The first-order chi connectivity index (χ1) is 15.9. The molecule has 0 aliphatic carbocycles. The van der Waals surface area contributed by atoms with Crippen LogP contribution in [0.4, 0.5) is 0 Å². The van der Waals surface area contributed by atoms with Crippen LogP contribution in [-0.2, 0) is 16.0 Å². The number of ether oxygens (including phenoxy) is 2. The van der Waals surface area contributed by atoms with E-state index >= 15 is 0 Å². The molecule has 1 N–H and O–H groups in total. The number of carbonyl (C=O) groups excluding carboxylic acids is 1. The lowest BCUT2D eigenvalue weighted by molar-refractivity contribution is -0.139. The Morgan fingerprint density at radius 2 is 1.85 bits per heavy atom. The zero-order valence-corrected chi connectivity index (χ0v) is 18.8. The van der Waals surface area contributed by atoms with Gasteiger partial charge in [0, 0.05) is 23.3 Å². The molecule has 0 fully saturated rings. The molecule has 2 aromatic carbocycles. The lowest BCUT2D eigenvalue weighted by Gasteiger charge is -2.38. The lowest BCUT2D eigenvalue weighted by Crippen LogP contribution is -2.43. The van der Waals surface area contributed by atoms with E-state index in [0.29, 0.717) is 40.7 Å². The predicted octanol–water partition coefficient (Wildman–Crippen LogP) is 4.06. The number of rotatable bonds is 7. The van der Waals surface area contributed by atoms with E-state index < -0.39 is 18.6 Å². The maximum Gasteiger partial charge on any atom is 0.341 e. The van der Waals surface area contributed by atoms with Crippen molar-refractivity contribution in [3.63, 3.8) is 0 Å². The molecule has 7 nitrogen and oxygen atoms in total. The molecular formula is C25H23ClN2O5. The van der Waals surface area contributed by atoms with Crippen LogP contribution in [0.15, 0.2) is 60.8 Å². The normalized spacial score (nSPS) is 15.0. The van der Waals surface area contributed by atoms with Crippen LogP contribution in [0.3, 0.4) is 0 Å². The van der Waals surface area contributed by atoms with Crippen molar-refractivity contribution in [1.29, 1.82) is 0 Å². The summed E-state index contributed by atoms with van der Waals surface area (Å²) in [6.45, 7) is 1.63. The number of pyridine rings is 1. The molecule has 1 amide bonds. The van der Waals surface area contributed by atoms with Gasteiger partial charge in [-0.2, -0.15) is 0 Å². The summed E-state index contributed by atoms with van der Waals surface area (Å²) in [7, 11) is 0. The highest BCUT2D eigenvalue weighted by molar-refractivity contribution is 6.30. The third-order valence-electron chi connectivity index (χ3n) is 5.53. The second kappa shape index (κ2) is 9.92. The maximum atomic E-state index is 13.4. The van der Waals surface area contributed by atoms with Crippen LogP contribution in [0.25, 0.3) is 0 Å². The van der Waals surface area contributed by atoms with E-state index in [4.69, 9.17) is 26.2 Å². The quantitative estimate of drug-likeness (QED) is 0.565. The largest absolute Gasteiger partial charge is 0.482 e. The van der Waals surface area contributed by atoms with Gasteiger partial charge in [0.05, 0.1) is 11.7 Å². The second-order valence-corrected chi connectivity index (χ2v) is 8.12. The van der Waals surface area contributed by atoms with Crippen LogP contribution in [0.5, 0.6) is 11.5 Å². The minimum absolute atomic E-state index is 0.156. The number of aromatic nitrogens is 1. The Bertz CT molecular complexity index is 1180.